The average Bonchev–Trinajstić information content (AvgIpc) is 2.88. The van der Waals surface area contributed by atoms with Gasteiger partial charge in [0.2, 0.25) is 0 Å². The lowest BCUT2D eigenvalue weighted by atomic mass is 9.73. The van der Waals surface area contributed by atoms with Gasteiger partial charge in [-0.2, -0.15) is 0 Å². The minimum Gasteiger partial charge on any atom is -0.497 e. The largest absolute Gasteiger partial charge is 0.497 e. The standard InChI is InChI=1S/C31H46N2O2/c1-3-4-9-20-32-21-18-31(19-22-32)17-8-7-11-28-10-5-6-12-30(28)35-24-23-33(26-31)25-27-13-15-29(34-2)16-14-27/h5-6,10,12-16H,3-4,7-9,11,17-26H2,1-2H3. The van der Waals surface area contributed by atoms with E-state index < -0.39 is 0 Å². The lowest BCUT2D eigenvalue weighted by molar-refractivity contribution is 0.0431. The zero-order chi connectivity index (χ0) is 24.3. The van der Waals surface area contributed by atoms with Gasteiger partial charge in [0, 0.05) is 19.6 Å². The van der Waals surface area contributed by atoms with Crippen LogP contribution in [0.15, 0.2) is 48.5 Å². The van der Waals surface area contributed by atoms with Crippen LogP contribution in [0.25, 0.3) is 0 Å². The highest BCUT2D eigenvalue weighted by molar-refractivity contribution is 5.33. The number of methoxy groups -OCH3 is 1. The van der Waals surface area contributed by atoms with Gasteiger partial charge in [-0.15, -0.1) is 0 Å². The van der Waals surface area contributed by atoms with E-state index in [-0.39, 0.29) is 0 Å². The number of unbranched alkanes of at least 4 members (excludes halogenated alkanes) is 2. The van der Waals surface area contributed by atoms with Gasteiger partial charge in [-0.3, -0.25) is 4.90 Å². The number of piperidine rings is 1. The maximum absolute atomic E-state index is 6.34. The molecular formula is C31H46N2O2. The summed E-state index contributed by atoms with van der Waals surface area (Å²) in [4.78, 5) is 5.39. The molecular weight excluding hydrogens is 432 g/mol. The van der Waals surface area contributed by atoms with E-state index in [2.05, 4.69) is 65.3 Å². The molecule has 0 aromatic heterocycles. The number of benzene rings is 2. The number of para-hydroxylation sites is 1. The summed E-state index contributed by atoms with van der Waals surface area (Å²) in [5.41, 5.74) is 3.15. The van der Waals surface area contributed by atoms with Crippen molar-refractivity contribution in [3.05, 3.63) is 59.7 Å². The molecule has 2 aromatic rings. The summed E-state index contributed by atoms with van der Waals surface area (Å²) >= 11 is 0. The number of likely N-dealkylation sites (tertiary alicyclic amines) is 1. The van der Waals surface area contributed by atoms with E-state index >= 15 is 0 Å². The molecule has 1 spiro atoms. The van der Waals surface area contributed by atoms with Gasteiger partial charge in [0.1, 0.15) is 18.1 Å². The van der Waals surface area contributed by atoms with Gasteiger partial charge in [-0.1, -0.05) is 56.5 Å². The number of aryl methyl sites for hydroxylation is 1. The van der Waals surface area contributed by atoms with Crippen molar-refractivity contribution >= 4 is 0 Å². The summed E-state index contributed by atoms with van der Waals surface area (Å²) in [7, 11) is 1.74. The van der Waals surface area contributed by atoms with Crippen molar-refractivity contribution < 1.29 is 9.47 Å². The van der Waals surface area contributed by atoms with E-state index in [1.165, 1.54) is 88.7 Å². The van der Waals surface area contributed by atoms with Gasteiger partial charge in [0.25, 0.3) is 0 Å². The molecule has 2 aromatic carbocycles. The summed E-state index contributed by atoms with van der Waals surface area (Å²) < 4.78 is 11.7. The zero-order valence-electron chi connectivity index (χ0n) is 22.1. The van der Waals surface area contributed by atoms with Crippen LogP contribution in [-0.2, 0) is 13.0 Å². The molecule has 2 heterocycles. The van der Waals surface area contributed by atoms with E-state index in [9.17, 15) is 0 Å². The molecule has 4 rings (SSSR count). The molecule has 35 heavy (non-hydrogen) atoms. The van der Waals surface area contributed by atoms with Gasteiger partial charge >= 0.3 is 0 Å². The van der Waals surface area contributed by atoms with Crippen LogP contribution in [0, 0.1) is 5.41 Å². The van der Waals surface area contributed by atoms with E-state index in [0.29, 0.717) is 5.41 Å². The minimum absolute atomic E-state index is 0.423. The highest BCUT2D eigenvalue weighted by atomic mass is 16.5. The molecule has 0 N–H and O–H groups in total. The SMILES string of the molecule is CCCCCN1CCC2(CCCCc3ccccc3OCCN(Cc3ccc(OC)cc3)C2)CC1. The third-order valence-electron chi connectivity index (χ3n) is 8.16. The molecule has 192 valence electrons. The Morgan fingerprint density at radius 1 is 0.886 bits per heavy atom. The average molecular weight is 479 g/mol. The highest BCUT2D eigenvalue weighted by Gasteiger charge is 2.35. The number of fused-ring (bicyclic) bond motifs is 1. The number of ether oxygens (including phenoxy) is 2. The summed E-state index contributed by atoms with van der Waals surface area (Å²) in [6.07, 6.45) is 11.7. The maximum Gasteiger partial charge on any atom is 0.122 e. The van der Waals surface area contributed by atoms with Crippen LogP contribution in [-0.4, -0.2) is 56.2 Å². The van der Waals surface area contributed by atoms with Gasteiger partial charge < -0.3 is 14.4 Å². The Labute approximate surface area is 213 Å². The van der Waals surface area contributed by atoms with Crippen molar-refractivity contribution in [3.8, 4) is 11.5 Å². The maximum atomic E-state index is 6.34. The van der Waals surface area contributed by atoms with Crippen LogP contribution in [0.1, 0.15) is 69.4 Å². The van der Waals surface area contributed by atoms with Crippen molar-refractivity contribution in [1.82, 2.24) is 9.80 Å². The van der Waals surface area contributed by atoms with E-state index in [1.807, 2.05) is 0 Å². The van der Waals surface area contributed by atoms with Crippen LogP contribution in [0.3, 0.4) is 0 Å². The monoisotopic (exact) mass is 478 g/mol. The Morgan fingerprint density at radius 2 is 1.69 bits per heavy atom. The molecule has 0 atom stereocenters. The fourth-order valence-corrected chi connectivity index (χ4v) is 5.95. The highest BCUT2D eigenvalue weighted by Crippen LogP contribution is 2.39. The van der Waals surface area contributed by atoms with Crippen molar-refractivity contribution in [2.45, 2.75) is 71.3 Å². The topological polar surface area (TPSA) is 24.9 Å². The second kappa shape index (κ2) is 13.3. The van der Waals surface area contributed by atoms with Gasteiger partial charge in [-0.25, -0.2) is 0 Å². The van der Waals surface area contributed by atoms with Crippen molar-refractivity contribution in [1.29, 1.82) is 0 Å². The Balaban J connectivity index is 1.47. The molecule has 4 nitrogen and oxygen atoms in total. The zero-order valence-corrected chi connectivity index (χ0v) is 22.1. The summed E-state index contributed by atoms with van der Waals surface area (Å²) in [5.74, 6) is 2.00. The molecule has 1 saturated heterocycles. The summed E-state index contributed by atoms with van der Waals surface area (Å²) in [6.45, 7) is 9.96. The molecule has 2 aliphatic heterocycles. The van der Waals surface area contributed by atoms with Crippen molar-refractivity contribution in [3.63, 3.8) is 0 Å². The normalized spacial score (nSPS) is 19.8. The summed E-state index contributed by atoms with van der Waals surface area (Å²) in [6, 6.07) is 17.3. The molecule has 1 fully saturated rings. The van der Waals surface area contributed by atoms with Crippen molar-refractivity contribution in [2.75, 3.05) is 46.4 Å². The van der Waals surface area contributed by atoms with E-state index in [1.54, 1.807) is 7.11 Å². The lowest BCUT2D eigenvalue weighted by Crippen LogP contribution is -2.47. The van der Waals surface area contributed by atoms with Crippen LogP contribution in [0.2, 0.25) is 0 Å². The molecule has 0 radical (unpaired) electrons. The Kier molecular flexibility index (Phi) is 9.91. The molecule has 0 saturated carbocycles. The fourth-order valence-electron chi connectivity index (χ4n) is 5.95. The quantitative estimate of drug-likeness (QED) is 0.420. The van der Waals surface area contributed by atoms with E-state index in [0.717, 1.165) is 37.6 Å². The first-order chi connectivity index (χ1) is 17.2. The molecule has 2 aliphatic rings. The van der Waals surface area contributed by atoms with E-state index in [4.69, 9.17) is 9.47 Å². The van der Waals surface area contributed by atoms with Gasteiger partial charge in [0.05, 0.1) is 7.11 Å². The van der Waals surface area contributed by atoms with Gasteiger partial charge in [0.15, 0.2) is 0 Å². The smallest absolute Gasteiger partial charge is 0.122 e. The molecule has 0 amide bonds. The Hall–Kier alpha value is -2.04. The fraction of sp³-hybridized carbons (Fsp3) is 0.613. The molecule has 0 bridgehead atoms. The number of hydrogen-bond acceptors (Lipinski definition) is 4. The predicted octanol–water partition coefficient (Wildman–Crippen LogP) is 6.58. The first-order valence-electron chi connectivity index (χ1n) is 14.0. The minimum atomic E-state index is 0.423. The lowest BCUT2D eigenvalue weighted by Gasteiger charge is -2.45. The first kappa shape index (κ1) is 26.0. The first-order valence-corrected chi connectivity index (χ1v) is 14.0. The van der Waals surface area contributed by atoms with Crippen molar-refractivity contribution in [2.24, 2.45) is 5.41 Å². The van der Waals surface area contributed by atoms with Crippen LogP contribution in [0.5, 0.6) is 11.5 Å². The number of hydrogen-bond donors (Lipinski definition) is 0. The molecule has 0 unspecified atom stereocenters. The van der Waals surface area contributed by atoms with Crippen LogP contribution >= 0.6 is 0 Å². The second-order valence-electron chi connectivity index (χ2n) is 10.8. The van der Waals surface area contributed by atoms with Crippen LogP contribution < -0.4 is 9.47 Å². The predicted molar refractivity (Wildman–Crippen MR) is 145 cm³/mol. The molecule has 4 heteroatoms. The van der Waals surface area contributed by atoms with Gasteiger partial charge in [-0.05, 0) is 92.9 Å². The summed E-state index contributed by atoms with van der Waals surface area (Å²) in [5, 5.41) is 0. The third kappa shape index (κ3) is 7.72. The number of nitrogens with zero attached hydrogens (tertiary/aromatic N) is 2. The third-order valence-corrected chi connectivity index (χ3v) is 8.16. The Morgan fingerprint density at radius 3 is 2.46 bits per heavy atom. The second-order valence-corrected chi connectivity index (χ2v) is 10.8. The van der Waals surface area contributed by atoms with Crippen LogP contribution in [0.4, 0.5) is 0 Å². The Bertz CT molecular complexity index is 874. The molecule has 0 aliphatic carbocycles. The number of rotatable bonds is 7.